The second-order valence-corrected chi connectivity index (χ2v) is 10.5. The number of nitrogens with one attached hydrogen (secondary N) is 1. The zero-order valence-corrected chi connectivity index (χ0v) is 22.5. The van der Waals surface area contributed by atoms with Crippen molar-refractivity contribution in [1.82, 2.24) is 10.2 Å². The Labute approximate surface area is 222 Å². The maximum atomic E-state index is 13.7. The maximum absolute atomic E-state index is 13.7. The van der Waals surface area contributed by atoms with Crippen molar-refractivity contribution in [3.05, 3.63) is 89.4 Å². The molecule has 0 bridgehead atoms. The summed E-state index contributed by atoms with van der Waals surface area (Å²) in [6.07, 6.45) is 0. The van der Waals surface area contributed by atoms with Crippen LogP contribution in [0, 0.1) is 0 Å². The van der Waals surface area contributed by atoms with Crippen molar-refractivity contribution < 1.29 is 22.7 Å². The molecule has 1 atom stereocenters. The number of amides is 2. The van der Waals surface area contributed by atoms with Crippen LogP contribution in [0.2, 0.25) is 5.02 Å². The highest BCUT2D eigenvalue weighted by atomic mass is 35.5. The average molecular weight is 544 g/mol. The van der Waals surface area contributed by atoms with Crippen LogP contribution in [0.1, 0.15) is 19.4 Å². The molecule has 0 fully saturated rings. The van der Waals surface area contributed by atoms with Crippen molar-refractivity contribution in [3.8, 4) is 5.75 Å². The monoisotopic (exact) mass is 543 g/mol. The van der Waals surface area contributed by atoms with Gasteiger partial charge in [-0.25, -0.2) is 8.42 Å². The van der Waals surface area contributed by atoms with Gasteiger partial charge in [0, 0.05) is 18.6 Å². The summed E-state index contributed by atoms with van der Waals surface area (Å²) in [5.74, 6) is -0.329. The van der Waals surface area contributed by atoms with E-state index in [0.717, 1.165) is 9.87 Å². The number of ether oxygens (including phenoxy) is 1. The number of hydrogen-bond acceptors (Lipinski definition) is 5. The molecule has 0 aliphatic rings. The SMILES string of the molecule is CCOc1ccc(N(CC(=O)N(Cc2ccccc2)[C@@H](C)C(=O)NC)S(=O)(=O)c2ccc(Cl)cc2)cc1. The normalized spacial score (nSPS) is 11.9. The minimum atomic E-state index is -4.16. The molecule has 0 spiro atoms. The Balaban J connectivity index is 2.02. The molecule has 0 saturated heterocycles. The number of hydrogen-bond donors (Lipinski definition) is 1. The van der Waals surface area contributed by atoms with E-state index in [1.54, 1.807) is 31.2 Å². The van der Waals surface area contributed by atoms with Gasteiger partial charge >= 0.3 is 0 Å². The molecule has 0 unspecified atom stereocenters. The lowest BCUT2D eigenvalue weighted by atomic mass is 10.1. The van der Waals surface area contributed by atoms with Gasteiger partial charge in [-0.3, -0.25) is 13.9 Å². The van der Waals surface area contributed by atoms with Crippen molar-refractivity contribution in [2.75, 3.05) is 24.5 Å². The molecule has 3 rings (SSSR count). The molecule has 37 heavy (non-hydrogen) atoms. The third-order valence-corrected chi connectivity index (χ3v) is 7.77. The molecule has 0 saturated carbocycles. The van der Waals surface area contributed by atoms with Gasteiger partial charge in [-0.1, -0.05) is 41.9 Å². The smallest absolute Gasteiger partial charge is 0.264 e. The minimum absolute atomic E-state index is 0.0208. The van der Waals surface area contributed by atoms with E-state index < -0.39 is 28.5 Å². The van der Waals surface area contributed by atoms with E-state index in [-0.39, 0.29) is 23.0 Å². The Bertz CT molecular complexity index is 1300. The molecule has 10 heteroatoms. The van der Waals surface area contributed by atoms with Crippen LogP contribution in [-0.2, 0) is 26.2 Å². The van der Waals surface area contributed by atoms with Crippen LogP contribution in [0.4, 0.5) is 5.69 Å². The quantitative estimate of drug-likeness (QED) is 0.393. The number of rotatable bonds is 11. The van der Waals surface area contributed by atoms with E-state index in [1.807, 2.05) is 37.3 Å². The van der Waals surface area contributed by atoms with E-state index in [4.69, 9.17) is 16.3 Å². The summed E-state index contributed by atoms with van der Waals surface area (Å²) in [6, 6.07) is 20.5. The minimum Gasteiger partial charge on any atom is -0.494 e. The van der Waals surface area contributed by atoms with Gasteiger partial charge in [0.1, 0.15) is 18.3 Å². The first-order valence-corrected chi connectivity index (χ1v) is 13.5. The van der Waals surface area contributed by atoms with Crippen LogP contribution in [0.15, 0.2) is 83.8 Å². The number of benzene rings is 3. The van der Waals surface area contributed by atoms with Gasteiger partial charge in [-0.05, 0) is 67.9 Å². The van der Waals surface area contributed by atoms with E-state index in [1.165, 1.54) is 36.2 Å². The van der Waals surface area contributed by atoms with Crippen LogP contribution >= 0.6 is 11.6 Å². The standard InChI is InChI=1S/C27H30ClN3O5S/c1-4-36-24-14-12-23(13-15-24)31(37(34,35)25-16-10-22(28)11-17-25)19-26(32)30(20(2)27(33)29-3)18-21-8-6-5-7-9-21/h5-17,20H,4,18-19H2,1-3H3,(H,29,33)/t20-/m0/s1. The van der Waals surface area contributed by atoms with E-state index in [0.29, 0.717) is 17.4 Å². The highest BCUT2D eigenvalue weighted by Crippen LogP contribution is 2.27. The lowest BCUT2D eigenvalue weighted by molar-refractivity contribution is -0.139. The number of carbonyl (C=O) groups excluding carboxylic acids is 2. The zero-order valence-electron chi connectivity index (χ0n) is 20.9. The summed E-state index contributed by atoms with van der Waals surface area (Å²) in [7, 11) is -2.68. The summed E-state index contributed by atoms with van der Waals surface area (Å²) in [5, 5.41) is 2.94. The summed E-state index contributed by atoms with van der Waals surface area (Å²) in [4.78, 5) is 27.5. The van der Waals surface area contributed by atoms with Crippen LogP contribution in [-0.4, -0.2) is 51.4 Å². The molecular formula is C27H30ClN3O5S. The number of halogens is 1. The second-order valence-electron chi connectivity index (χ2n) is 8.19. The summed E-state index contributed by atoms with van der Waals surface area (Å²) in [6.45, 7) is 3.52. The number of carbonyl (C=O) groups is 2. The fourth-order valence-corrected chi connectivity index (χ4v) is 5.25. The number of anilines is 1. The Morgan fingerprint density at radius 1 is 0.973 bits per heavy atom. The first-order valence-electron chi connectivity index (χ1n) is 11.7. The third kappa shape index (κ3) is 7.02. The fourth-order valence-electron chi connectivity index (χ4n) is 3.71. The summed E-state index contributed by atoms with van der Waals surface area (Å²) < 4.78 is 34.0. The third-order valence-electron chi connectivity index (χ3n) is 5.73. The number of sulfonamides is 1. The fraction of sp³-hybridized carbons (Fsp3) is 0.259. The van der Waals surface area contributed by atoms with Crippen molar-refractivity contribution in [1.29, 1.82) is 0 Å². The maximum Gasteiger partial charge on any atom is 0.264 e. The Morgan fingerprint density at radius 3 is 2.16 bits per heavy atom. The molecule has 0 heterocycles. The van der Waals surface area contributed by atoms with Gasteiger partial charge < -0.3 is 15.0 Å². The lowest BCUT2D eigenvalue weighted by Gasteiger charge is -2.31. The molecule has 2 amide bonds. The zero-order chi connectivity index (χ0) is 27.0. The van der Waals surface area contributed by atoms with Crippen molar-refractivity contribution in [2.45, 2.75) is 31.3 Å². The van der Waals surface area contributed by atoms with Gasteiger partial charge in [-0.15, -0.1) is 0 Å². The molecule has 3 aromatic rings. The van der Waals surface area contributed by atoms with E-state index in [2.05, 4.69) is 5.32 Å². The first-order chi connectivity index (χ1) is 17.7. The Kier molecular flexibility index (Phi) is 9.54. The molecule has 3 aromatic carbocycles. The predicted octanol–water partition coefficient (Wildman–Crippen LogP) is 4.10. The average Bonchev–Trinajstić information content (AvgIpc) is 2.91. The largest absolute Gasteiger partial charge is 0.494 e. The lowest BCUT2D eigenvalue weighted by Crippen LogP contribution is -2.50. The van der Waals surface area contributed by atoms with Gasteiger partial charge in [-0.2, -0.15) is 0 Å². The van der Waals surface area contributed by atoms with Gasteiger partial charge in [0.05, 0.1) is 17.2 Å². The molecule has 0 aliphatic heterocycles. The van der Waals surface area contributed by atoms with Crippen LogP contribution < -0.4 is 14.4 Å². The molecular weight excluding hydrogens is 514 g/mol. The Hall–Kier alpha value is -3.56. The number of likely N-dealkylation sites (N-methyl/N-ethyl adjacent to an activating group) is 1. The molecule has 8 nitrogen and oxygen atoms in total. The molecule has 0 aliphatic carbocycles. The molecule has 0 radical (unpaired) electrons. The first kappa shape index (κ1) is 28.0. The highest BCUT2D eigenvalue weighted by molar-refractivity contribution is 7.92. The summed E-state index contributed by atoms with van der Waals surface area (Å²) >= 11 is 5.97. The van der Waals surface area contributed by atoms with E-state index >= 15 is 0 Å². The molecule has 1 N–H and O–H groups in total. The second kappa shape index (κ2) is 12.6. The molecule has 196 valence electrons. The van der Waals surface area contributed by atoms with Crippen molar-refractivity contribution >= 4 is 39.1 Å². The van der Waals surface area contributed by atoms with Gasteiger partial charge in [0.25, 0.3) is 10.0 Å². The van der Waals surface area contributed by atoms with Gasteiger partial charge in [0.2, 0.25) is 11.8 Å². The van der Waals surface area contributed by atoms with Crippen molar-refractivity contribution in [3.63, 3.8) is 0 Å². The van der Waals surface area contributed by atoms with Crippen LogP contribution in [0.5, 0.6) is 5.75 Å². The highest BCUT2D eigenvalue weighted by Gasteiger charge is 2.32. The van der Waals surface area contributed by atoms with Gasteiger partial charge in [0.15, 0.2) is 0 Å². The molecule has 0 aromatic heterocycles. The Morgan fingerprint density at radius 2 is 1.59 bits per heavy atom. The van der Waals surface area contributed by atoms with Crippen LogP contribution in [0.3, 0.4) is 0 Å². The summed E-state index contributed by atoms with van der Waals surface area (Å²) in [5.41, 5.74) is 1.08. The topological polar surface area (TPSA) is 96.0 Å². The predicted molar refractivity (Wildman–Crippen MR) is 144 cm³/mol. The van der Waals surface area contributed by atoms with E-state index in [9.17, 15) is 18.0 Å². The van der Waals surface area contributed by atoms with Crippen molar-refractivity contribution in [2.24, 2.45) is 0 Å². The number of nitrogens with zero attached hydrogens (tertiary/aromatic N) is 2. The van der Waals surface area contributed by atoms with Crippen LogP contribution in [0.25, 0.3) is 0 Å².